The van der Waals surface area contributed by atoms with Crippen LogP contribution in [0.25, 0.3) is 11.6 Å². The zero-order valence-electron chi connectivity index (χ0n) is 13.0. The Morgan fingerprint density at radius 3 is 2.88 bits per heavy atom. The molecule has 0 fully saturated rings. The summed E-state index contributed by atoms with van der Waals surface area (Å²) in [4.78, 5) is 0. The summed E-state index contributed by atoms with van der Waals surface area (Å²) in [5.41, 5.74) is 1.34. The van der Waals surface area contributed by atoms with E-state index in [0.717, 1.165) is 41.7 Å². The SMILES string of the molecule is N#CC(=Cc1cc2c(cc1Br)OCO2)c1nnc2n1CCCCC2. The van der Waals surface area contributed by atoms with E-state index >= 15 is 0 Å². The van der Waals surface area contributed by atoms with Crippen molar-refractivity contribution in [3.05, 3.63) is 33.8 Å². The predicted octanol–water partition coefficient (Wildman–Crippen LogP) is 3.56. The lowest BCUT2D eigenvalue weighted by Crippen LogP contribution is -2.05. The third-order valence-electron chi connectivity index (χ3n) is 4.26. The normalized spacial score (nSPS) is 16.4. The van der Waals surface area contributed by atoms with Crippen molar-refractivity contribution in [2.24, 2.45) is 0 Å². The van der Waals surface area contributed by atoms with Crippen molar-refractivity contribution < 1.29 is 9.47 Å². The topological polar surface area (TPSA) is 73.0 Å². The maximum atomic E-state index is 9.64. The molecule has 0 amide bonds. The molecule has 2 aliphatic heterocycles. The molecule has 0 saturated heterocycles. The first-order valence-corrected chi connectivity index (χ1v) is 8.69. The number of nitriles is 1. The van der Waals surface area contributed by atoms with Gasteiger partial charge in [0.25, 0.3) is 0 Å². The molecule has 122 valence electrons. The Morgan fingerprint density at radius 1 is 1.21 bits per heavy atom. The fourth-order valence-corrected chi connectivity index (χ4v) is 3.47. The maximum Gasteiger partial charge on any atom is 0.231 e. The van der Waals surface area contributed by atoms with Crippen LogP contribution in [-0.4, -0.2) is 21.6 Å². The van der Waals surface area contributed by atoms with Crippen LogP contribution in [-0.2, 0) is 13.0 Å². The number of halogens is 1. The monoisotopic (exact) mass is 386 g/mol. The van der Waals surface area contributed by atoms with Crippen LogP contribution in [0.4, 0.5) is 0 Å². The van der Waals surface area contributed by atoms with Crippen LogP contribution in [0.2, 0.25) is 0 Å². The van der Waals surface area contributed by atoms with Crippen molar-refractivity contribution in [1.82, 2.24) is 14.8 Å². The van der Waals surface area contributed by atoms with E-state index in [1.807, 2.05) is 18.2 Å². The Morgan fingerprint density at radius 2 is 2.04 bits per heavy atom. The second-order valence-corrected chi connectivity index (χ2v) is 6.65. The third kappa shape index (κ3) is 2.67. The molecular weight excluding hydrogens is 372 g/mol. The van der Waals surface area contributed by atoms with E-state index in [1.54, 1.807) is 0 Å². The molecular formula is C17H15BrN4O2. The zero-order chi connectivity index (χ0) is 16.5. The second kappa shape index (κ2) is 6.29. The fraction of sp³-hybridized carbons (Fsp3) is 0.353. The standard InChI is InChI=1S/C17H15BrN4O2/c18-13-8-15-14(23-10-24-15)7-11(13)6-12(9-19)17-21-20-16-4-2-1-3-5-22(16)17/h6-8H,1-5,10H2. The number of hydrogen-bond acceptors (Lipinski definition) is 5. The molecule has 2 aliphatic rings. The van der Waals surface area contributed by atoms with Gasteiger partial charge in [-0.15, -0.1) is 10.2 Å². The van der Waals surface area contributed by atoms with Gasteiger partial charge in [-0.05, 0) is 36.6 Å². The van der Waals surface area contributed by atoms with E-state index in [1.165, 1.54) is 6.42 Å². The number of aryl methyl sites for hydroxylation is 1. The van der Waals surface area contributed by atoms with Gasteiger partial charge in [-0.3, -0.25) is 0 Å². The van der Waals surface area contributed by atoms with Crippen molar-refractivity contribution in [3.63, 3.8) is 0 Å². The number of fused-ring (bicyclic) bond motifs is 2. The highest BCUT2D eigenvalue weighted by atomic mass is 79.9. The molecule has 1 aromatic carbocycles. The first-order valence-electron chi connectivity index (χ1n) is 7.89. The van der Waals surface area contributed by atoms with Crippen molar-refractivity contribution in [3.8, 4) is 17.6 Å². The Hall–Kier alpha value is -2.33. The van der Waals surface area contributed by atoms with E-state index in [2.05, 4.69) is 36.8 Å². The molecule has 24 heavy (non-hydrogen) atoms. The summed E-state index contributed by atoms with van der Waals surface area (Å²) in [7, 11) is 0. The van der Waals surface area contributed by atoms with Crippen molar-refractivity contribution in [2.75, 3.05) is 6.79 Å². The first-order chi connectivity index (χ1) is 11.8. The Bertz CT molecular complexity index is 866. The van der Waals surface area contributed by atoms with Gasteiger partial charge in [0.2, 0.25) is 6.79 Å². The number of ether oxygens (including phenoxy) is 2. The first kappa shape index (κ1) is 15.2. The van der Waals surface area contributed by atoms with Gasteiger partial charge in [0.15, 0.2) is 17.3 Å². The lowest BCUT2D eigenvalue weighted by atomic mass is 10.1. The molecule has 0 radical (unpaired) electrons. The third-order valence-corrected chi connectivity index (χ3v) is 4.95. The van der Waals surface area contributed by atoms with E-state index in [0.29, 0.717) is 22.9 Å². The summed E-state index contributed by atoms with van der Waals surface area (Å²) in [6, 6.07) is 5.98. The molecule has 4 rings (SSSR count). The lowest BCUT2D eigenvalue weighted by Gasteiger charge is -2.07. The predicted molar refractivity (Wildman–Crippen MR) is 91.3 cm³/mol. The van der Waals surface area contributed by atoms with Gasteiger partial charge in [0.05, 0.1) is 5.57 Å². The molecule has 0 atom stereocenters. The summed E-state index contributed by atoms with van der Waals surface area (Å²) in [6.45, 7) is 1.08. The van der Waals surface area contributed by atoms with Crippen LogP contribution in [0.1, 0.15) is 36.5 Å². The van der Waals surface area contributed by atoms with Gasteiger partial charge in [-0.2, -0.15) is 5.26 Å². The minimum atomic E-state index is 0.220. The highest BCUT2D eigenvalue weighted by Crippen LogP contribution is 2.38. The van der Waals surface area contributed by atoms with E-state index in [-0.39, 0.29) is 6.79 Å². The number of rotatable bonds is 2. The van der Waals surface area contributed by atoms with E-state index in [4.69, 9.17) is 9.47 Å². The van der Waals surface area contributed by atoms with Gasteiger partial charge < -0.3 is 14.0 Å². The second-order valence-electron chi connectivity index (χ2n) is 5.80. The molecule has 0 bridgehead atoms. The van der Waals surface area contributed by atoms with Crippen LogP contribution >= 0.6 is 15.9 Å². The van der Waals surface area contributed by atoms with Crippen LogP contribution in [0, 0.1) is 11.3 Å². The summed E-state index contributed by atoms with van der Waals surface area (Å²) in [5.74, 6) is 2.99. The van der Waals surface area contributed by atoms with Gasteiger partial charge in [-0.25, -0.2) is 0 Å². The molecule has 6 nitrogen and oxygen atoms in total. The number of allylic oxidation sites excluding steroid dienone is 1. The number of nitrogens with zero attached hydrogens (tertiary/aromatic N) is 4. The smallest absolute Gasteiger partial charge is 0.231 e. The molecule has 0 unspecified atom stereocenters. The van der Waals surface area contributed by atoms with Gasteiger partial charge in [0, 0.05) is 17.4 Å². The highest BCUT2D eigenvalue weighted by Gasteiger charge is 2.19. The largest absolute Gasteiger partial charge is 0.454 e. The van der Waals surface area contributed by atoms with Crippen molar-refractivity contribution >= 4 is 27.6 Å². The molecule has 1 aromatic heterocycles. The van der Waals surface area contributed by atoms with Gasteiger partial charge in [0.1, 0.15) is 11.9 Å². The van der Waals surface area contributed by atoms with Crippen molar-refractivity contribution in [1.29, 1.82) is 5.26 Å². The Labute approximate surface area is 147 Å². The lowest BCUT2D eigenvalue weighted by molar-refractivity contribution is 0.174. The number of hydrogen-bond donors (Lipinski definition) is 0. The van der Waals surface area contributed by atoms with Crippen LogP contribution in [0.15, 0.2) is 16.6 Å². The number of benzene rings is 1. The fourth-order valence-electron chi connectivity index (χ4n) is 3.03. The van der Waals surface area contributed by atoms with E-state index in [9.17, 15) is 5.26 Å². The average molecular weight is 387 g/mol. The van der Waals surface area contributed by atoms with E-state index < -0.39 is 0 Å². The highest BCUT2D eigenvalue weighted by molar-refractivity contribution is 9.10. The molecule has 3 heterocycles. The summed E-state index contributed by atoms with van der Waals surface area (Å²) in [6.07, 6.45) is 6.12. The minimum absolute atomic E-state index is 0.220. The molecule has 7 heteroatoms. The Kier molecular flexibility index (Phi) is 3.98. The quantitative estimate of drug-likeness (QED) is 0.737. The molecule has 0 saturated carbocycles. The van der Waals surface area contributed by atoms with Crippen LogP contribution < -0.4 is 9.47 Å². The average Bonchev–Trinajstić information content (AvgIpc) is 3.12. The molecule has 0 spiro atoms. The van der Waals surface area contributed by atoms with Gasteiger partial charge in [-0.1, -0.05) is 22.4 Å². The molecule has 2 aromatic rings. The van der Waals surface area contributed by atoms with Gasteiger partial charge >= 0.3 is 0 Å². The molecule has 0 aliphatic carbocycles. The zero-order valence-corrected chi connectivity index (χ0v) is 14.5. The van der Waals surface area contributed by atoms with Crippen LogP contribution in [0.3, 0.4) is 0 Å². The van der Waals surface area contributed by atoms with Crippen LogP contribution in [0.5, 0.6) is 11.5 Å². The van der Waals surface area contributed by atoms with Crippen molar-refractivity contribution in [2.45, 2.75) is 32.2 Å². The maximum absolute atomic E-state index is 9.64. The Balaban J connectivity index is 1.76. The molecule has 0 N–H and O–H groups in total. The summed E-state index contributed by atoms with van der Waals surface area (Å²) in [5, 5.41) is 18.2. The number of aromatic nitrogens is 3. The minimum Gasteiger partial charge on any atom is -0.454 e. The summed E-state index contributed by atoms with van der Waals surface area (Å²) >= 11 is 3.53. The summed E-state index contributed by atoms with van der Waals surface area (Å²) < 4.78 is 13.7.